The normalized spacial score (nSPS) is 19.3. The first-order valence-corrected chi connectivity index (χ1v) is 11.1. The van der Waals surface area contributed by atoms with Gasteiger partial charge >= 0.3 is 0 Å². The zero-order valence-corrected chi connectivity index (χ0v) is 13.4. The topological polar surface area (TPSA) is 32.9 Å². The molecular formula is C17H23NOSi. The number of hydrogen-bond acceptors (Lipinski definition) is 1. The lowest BCUT2D eigenvalue weighted by atomic mass is 9.95. The molecule has 1 saturated heterocycles. The summed E-state index contributed by atoms with van der Waals surface area (Å²) in [4.78, 5) is 15.7. The van der Waals surface area contributed by atoms with Crippen LogP contribution in [0.2, 0.25) is 25.2 Å². The molecule has 0 bridgehead atoms. The number of aromatic nitrogens is 1. The monoisotopic (exact) mass is 285 g/mol. The van der Waals surface area contributed by atoms with Crippen molar-refractivity contribution < 1.29 is 4.79 Å². The second-order valence-electron chi connectivity index (χ2n) is 7.01. The fourth-order valence-corrected chi connectivity index (χ4v) is 5.89. The minimum atomic E-state index is -0.908. The average molecular weight is 285 g/mol. The van der Waals surface area contributed by atoms with E-state index in [9.17, 15) is 4.79 Å². The first-order chi connectivity index (χ1) is 9.53. The van der Waals surface area contributed by atoms with Crippen molar-refractivity contribution in [3.8, 4) is 0 Å². The van der Waals surface area contributed by atoms with Gasteiger partial charge in [-0.2, -0.15) is 0 Å². The summed E-state index contributed by atoms with van der Waals surface area (Å²) in [5, 5.41) is 1.13. The number of rotatable bonds is 3. The van der Waals surface area contributed by atoms with E-state index in [1.807, 2.05) is 24.3 Å². The van der Waals surface area contributed by atoms with Gasteiger partial charge in [0.1, 0.15) is 0 Å². The summed E-state index contributed by atoms with van der Waals surface area (Å²) < 4.78 is 0. The third kappa shape index (κ3) is 2.88. The number of Topliss-reactive ketones (excluding diaryl/α,β-unsaturated/α-hetero) is 1. The van der Waals surface area contributed by atoms with Gasteiger partial charge < -0.3 is 4.98 Å². The molecule has 0 aliphatic carbocycles. The Morgan fingerprint density at radius 2 is 1.95 bits per heavy atom. The van der Waals surface area contributed by atoms with Gasteiger partial charge in [-0.25, -0.2) is 0 Å². The number of para-hydroxylation sites is 1. The van der Waals surface area contributed by atoms with Crippen LogP contribution in [0.15, 0.2) is 30.3 Å². The van der Waals surface area contributed by atoms with Gasteiger partial charge in [0, 0.05) is 25.4 Å². The van der Waals surface area contributed by atoms with Crippen LogP contribution in [0.5, 0.6) is 0 Å². The molecule has 3 rings (SSSR count). The van der Waals surface area contributed by atoms with E-state index in [-0.39, 0.29) is 5.78 Å². The van der Waals surface area contributed by atoms with Crippen molar-refractivity contribution >= 4 is 24.8 Å². The fourth-order valence-electron chi connectivity index (χ4n) is 3.26. The molecule has 0 saturated carbocycles. The van der Waals surface area contributed by atoms with Crippen molar-refractivity contribution in [2.45, 2.75) is 44.4 Å². The molecule has 0 radical (unpaired) electrons. The van der Waals surface area contributed by atoms with Gasteiger partial charge in [-0.1, -0.05) is 56.2 Å². The van der Waals surface area contributed by atoms with Crippen LogP contribution in [-0.2, 0) is 0 Å². The summed E-state index contributed by atoms with van der Waals surface area (Å²) >= 11 is 0. The maximum Gasteiger partial charge on any atom is 0.179 e. The van der Waals surface area contributed by atoms with Crippen LogP contribution < -0.4 is 0 Å². The quantitative estimate of drug-likeness (QED) is 0.634. The highest BCUT2D eigenvalue weighted by molar-refractivity contribution is 6.77. The molecular weight excluding hydrogens is 262 g/mol. The largest absolute Gasteiger partial charge is 0.352 e. The summed E-state index contributed by atoms with van der Waals surface area (Å²) in [6.07, 6.45) is 3.23. The van der Waals surface area contributed by atoms with Gasteiger partial charge in [0.15, 0.2) is 5.78 Å². The Morgan fingerprint density at radius 3 is 2.65 bits per heavy atom. The summed E-state index contributed by atoms with van der Waals surface area (Å²) in [6.45, 7) is 4.95. The molecule has 106 valence electrons. The van der Waals surface area contributed by atoms with E-state index in [2.05, 4.69) is 24.1 Å². The first kappa shape index (κ1) is 13.6. The van der Waals surface area contributed by atoms with Gasteiger partial charge in [0.05, 0.1) is 5.69 Å². The number of ketones is 1. The maximum atomic E-state index is 12.4. The number of carbonyl (C=O) groups is 1. The van der Waals surface area contributed by atoms with Crippen LogP contribution in [0.1, 0.15) is 29.8 Å². The van der Waals surface area contributed by atoms with Gasteiger partial charge in [0.2, 0.25) is 0 Å². The molecule has 1 aromatic heterocycles. The smallest absolute Gasteiger partial charge is 0.179 e. The predicted octanol–water partition coefficient (Wildman–Crippen LogP) is 4.86. The lowest BCUT2D eigenvalue weighted by molar-refractivity contribution is 0.0953. The number of carbonyl (C=O) groups excluding carboxylic acids is 1. The van der Waals surface area contributed by atoms with Gasteiger partial charge in [-0.15, -0.1) is 0 Å². The fraction of sp³-hybridized carbons (Fsp3) is 0.471. The van der Waals surface area contributed by atoms with Crippen LogP contribution in [0.4, 0.5) is 0 Å². The van der Waals surface area contributed by atoms with Gasteiger partial charge in [-0.3, -0.25) is 4.79 Å². The van der Waals surface area contributed by atoms with Crippen molar-refractivity contribution in [1.29, 1.82) is 0 Å². The Morgan fingerprint density at radius 1 is 1.25 bits per heavy atom. The van der Waals surface area contributed by atoms with E-state index in [0.717, 1.165) is 23.0 Å². The van der Waals surface area contributed by atoms with Crippen LogP contribution in [0.25, 0.3) is 10.9 Å². The van der Waals surface area contributed by atoms with E-state index in [1.165, 1.54) is 24.9 Å². The molecule has 0 unspecified atom stereocenters. The van der Waals surface area contributed by atoms with Gasteiger partial charge in [0.25, 0.3) is 0 Å². The van der Waals surface area contributed by atoms with E-state index >= 15 is 0 Å². The molecule has 1 aliphatic rings. The molecule has 1 aliphatic heterocycles. The molecule has 0 atom stereocenters. The molecule has 1 N–H and O–H groups in total. The average Bonchev–Trinajstić information content (AvgIpc) is 2.85. The summed E-state index contributed by atoms with van der Waals surface area (Å²) in [7, 11) is -0.908. The highest BCUT2D eigenvalue weighted by atomic mass is 28.3. The zero-order valence-electron chi connectivity index (χ0n) is 12.4. The van der Waals surface area contributed by atoms with Crippen LogP contribution in [0.3, 0.4) is 0 Å². The second kappa shape index (κ2) is 5.21. The van der Waals surface area contributed by atoms with Crippen molar-refractivity contribution in [2.75, 3.05) is 0 Å². The molecule has 2 heterocycles. The van der Waals surface area contributed by atoms with Crippen LogP contribution in [0, 0.1) is 5.92 Å². The first-order valence-electron chi connectivity index (χ1n) is 7.64. The SMILES string of the molecule is C[Si]1(C)CCC(CC(=O)c2cc3ccccc3[nH]2)CC1. The Labute approximate surface area is 121 Å². The van der Waals surface area contributed by atoms with Crippen molar-refractivity contribution in [2.24, 2.45) is 5.92 Å². The highest BCUT2D eigenvalue weighted by Gasteiger charge is 2.29. The van der Waals surface area contributed by atoms with Crippen molar-refractivity contribution in [3.63, 3.8) is 0 Å². The number of fused-ring (bicyclic) bond motifs is 1. The third-order valence-electron chi connectivity index (χ3n) is 4.76. The van der Waals surface area contributed by atoms with Crippen molar-refractivity contribution in [1.82, 2.24) is 4.98 Å². The van der Waals surface area contributed by atoms with E-state index in [0.29, 0.717) is 5.92 Å². The number of benzene rings is 1. The standard InChI is InChI=1S/C17H23NOSi/c1-20(2)9-7-13(8-10-20)11-17(19)16-12-14-5-3-4-6-15(14)18-16/h3-6,12-13,18H,7-11H2,1-2H3. The number of hydrogen-bond donors (Lipinski definition) is 1. The highest BCUT2D eigenvalue weighted by Crippen LogP contribution is 2.34. The lowest BCUT2D eigenvalue weighted by Gasteiger charge is -2.32. The molecule has 20 heavy (non-hydrogen) atoms. The molecule has 2 nitrogen and oxygen atoms in total. The van der Waals surface area contributed by atoms with Gasteiger partial charge in [-0.05, 0) is 18.1 Å². The lowest BCUT2D eigenvalue weighted by Crippen LogP contribution is -2.31. The molecule has 1 aromatic carbocycles. The third-order valence-corrected chi connectivity index (χ3v) is 8.05. The van der Waals surface area contributed by atoms with E-state index in [4.69, 9.17) is 0 Å². The molecule has 2 aromatic rings. The maximum absolute atomic E-state index is 12.4. The zero-order chi connectivity index (χ0) is 14.2. The van der Waals surface area contributed by atoms with Crippen LogP contribution >= 0.6 is 0 Å². The van der Waals surface area contributed by atoms with Crippen molar-refractivity contribution in [3.05, 3.63) is 36.0 Å². The minimum Gasteiger partial charge on any atom is -0.352 e. The number of H-pyrrole nitrogens is 1. The second-order valence-corrected chi connectivity index (χ2v) is 12.3. The molecule has 0 amide bonds. The van der Waals surface area contributed by atoms with E-state index in [1.54, 1.807) is 0 Å². The molecule has 3 heteroatoms. The Hall–Kier alpha value is -1.35. The number of nitrogens with one attached hydrogen (secondary N) is 1. The van der Waals surface area contributed by atoms with E-state index < -0.39 is 8.07 Å². The summed E-state index contributed by atoms with van der Waals surface area (Å²) in [5.41, 5.74) is 1.85. The Kier molecular flexibility index (Phi) is 3.55. The Bertz CT molecular complexity index is 586. The Balaban J connectivity index is 1.67. The molecule has 1 fully saturated rings. The minimum absolute atomic E-state index is 0.285. The summed E-state index contributed by atoms with van der Waals surface area (Å²) in [6, 6.07) is 12.9. The predicted molar refractivity (Wildman–Crippen MR) is 87.1 cm³/mol. The van der Waals surface area contributed by atoms with Crippen LogP contribution in [-0.4, -0.2) is 18.8 Å². The summed E-state index contributed by atoms with van der Waals surface area (Å²) in [5.74, 6) is 0.891. The number of aromatic amines is 1. The molecule has 0 spiro atoms.